The van der Waals surface area contributed by atoms with Crippen molar-refractivity contribution in [1.82, 2.24) is 4.90 Å². The zero-order valence-corrected chi connectivity index (χ0v) is 11.8. The maximum Gasteiger partial charge on any atom is 0.327 e. The first kappa shape index (κ1) is 13.8. The minimum absolute atomic E-state index is 0.201. The van der Waals surface area contributed by atoms with Gasteiger partial charge >= 0.3 is 5.97 Å². The number of nitrogens with zero attached hydrogens (tertiary/aromatic N) is 1. The number of carbonyl (C=O) groups excluding carboxylic acids is 1. The molecule has 2 aliphatic rings. The summed E-state index contributed by atoms with van der Waals surface area (Å²) in [6.07, 6.45) is 3.03. The molecule has 2 heterocycles. The summed E-state index contributed by atoms with van der Waals surface area (Å²) in [5.74, 6) is 0.889. The predicted molar refractivity (Wildman–Crippen MR) is 77.2 cm³/mol. The fourth-order valence-corrected chi connectivity index (χ4v) is 3.30. The summed E-state index contributed by atoms with van der Waals surface area (Å²) in [6, 6.07) is 4.62. The molecule has 1 aromatic carbocycles. The quantitative estimate of drug-likeness (QED) is 0.851. The van der Waals surface area contributed by atoms with Crippen molar-refractivity contribution in [2.75, 3.05) is 18.4 Å². The third-order valence-electron chi connectivity index (χ3n) is 3.27. The van der Waals surface area contributed by atoms with Crippen molar-refractivity contribution in [3.8, 4) is 11.5 Å². The van der Waals surface area contributed by atoms with Crippen LogP contribution in [0.5, 0.6) is 11.5 Å². The Morgan fingerprint density at radius 3 is 2.95 bits per heavy atom. The van der Waals surface area contributed by atoms with Crippen LogP contribution in [0.15, 0.2) is 24.3 Å². The van der Waals surface area contributed by atoms with Gasteiger partial charge in [-0.15, -0.1) is 11.8 Å². The molecular weight excluding hydrogens is 294 g/mol. The second-order valence-corrected chi connectivity index (χ2v) is 5.61. The Hall–Kier alpha value is -2.15. The van der Waals surface area contributed by atoms with E-state index in [0.29, 0.717) is 23.1 Å². The second kappa shape index (κ2) is 5.69. The molecule has 1 N–H and O–H groups in total. The molecule has 0 aliphatic carbocycles. The Morgan fingerprint density at radius 2 is 2.14 bits per heavy atom. The number of rotatable bonds is 3. The Balaban J connectivity index is 1.71. The average molecular weight is 307 g/mol. The van der Waals surface area contributed by atoms with E-state index < -0.39 is 12.0 Å². The molecule has 0 unspecified atom stereocenters. The van der Waals surface area contributed by atoms with Crippen molar-refractivity contribution in [3.63, 3.8) is 0 Å². The number of carboxylic acids is 1. The van der Waals surface area contributed by atoms with Crippen molar-refractivity contribution in [3.05, 3.63) is 29.8 Å². The molecule has 1 amide bonds. The molecule has 7 heteroatoms. The van der Waals surface area contributed by atoms with E-state index in [4.69, 9.17) is 14.6 Å². The van der Waals surface area contributed by atoms with Gasteiger partial charge in [0.2, 0.25) is 12.7 Å². The smallest absolute Gasteiger partial charge is 0.327 e. The number of carboxylic acid groups (broad SMARTS) is 1. The fourth-order valence-electron chi connectivity index (χ4n) is 2.14. The highest BCUT2D eigenvalue weighted by Gasteiger charge is 2.33. The zero-order valence-electron chi connectivity index (χ0n) is 11.0. The lowest BCUT2D eigenvalue weighted by Gasteiger charge is -2.18. The minimum Gasteiger partial charge on any atom is -0.480 e. The highest BCUT2D eigenvalue weighted by atomic mass is 32.2. The Kier molecular flexibility index (Phi) is 3.74. The van der Waals surface area contributed by atoms with E-state index in [2.05, 4.69) is 0 Å². The van der Waals surface area contributed by atoms with Crippen molar-refractivity contribution >= 4 is 29.7 Å². The monoisotopic (exact) mass is 307 g/mol. The summed E-state index contributed by atoms with van der Waals surface area (Å²) < 4.78 is 10.5. The zero-order chi connectivity index (χ0) is 14.8. The largest absolute Gasteiger partial charge is 0.480 e. The topological polar surface area (TPSA) is 76.1 Å². The van der Waals surface area contributed by atoms with Gasteiger partial charge in [-0.1, -0.05) is 6.07 Å². The minimum atomic E-state index is -0.968. The van der Waals surface area contributed by atoms with Gasteiger partial charge in [-0.3, -0.25) is 4.79 Å². The lowest BCUT2D eigenvalue weighted by molar-refractivity contribution is -0.146. The molecule has 1 atom stereocenters. The van der Waals surface area contributed by atoms with E-state index >= 15 is 0 Å². The van der Waals surface area contributed by atoms with Crippen molar-refractivity contribution < 1.29 is 24.2 Å². The molecule has 0 radical (unpaired) electrons. The molecule has 110 valence electrons. The van der Waals surface area contributed by atoms with Crippen LogP contribution in [0.1, 0.15) is 5.56 Å². The molecule has 6 nitrogen and oxygen atoms in total. The van der Waals surface area contributed by atoms with Gasteiger partial charge in [0, 0.05) is 11.8 Å². The summed E-state index contributed by atoms with van der Waals surface area (Å²) in [6.45, 7) is 0.201. The van der Waals surface area contributed by atoms with E-state index in [-0.39, 0.29) is 12.7 Å². The maximum atomic E-state index is 12.1. The molecule has 1 saturated heterocycles. The van der Waals surface area contributed by atoms with Crippen LogP contribution in [0.2, 0.25) is 0 Å². The molecule has 2 aliphatic heterocycles. The van der Waals surface area contributed by atoms with Crippen LogP contribution in [-0.2, 0) is 9.59 Å². The number of hydrogen-bond acceptors (Lipinski definition) is 5. The predicted octanol–water partition coefficient (Wildman–Crippen LogP) is 1.41. The number of aliphatic carboxylic acids is 1. The van der Waals surface area contributed by atoms with E-state index in [0.717, 1.165) is 5.56 Å². The summed E-state index contributed by atoms with van der Waals surface area (Å²) >= 11 is 1.44. The van der Waals surface area contributed by atoms with E-state index in [1.165, 1.54) is 22.7 Å². The van der Waals surface area contributed by atoms with Crippen LogP contribution < -0.4 is 9.47 Å². The third-order valence-corrected chi connectivity index (χ3v) is 4.28. The van der Waals surface area contributed by atoms with Crippen LogP contribution in [0.3, 0.4) is 0 Å². The lowest BCUT2D eigenvalue weighted by Crippen LogP contribution is -2.40. The highest BCUT2D eigenvalue weighted by Crippen LogP contribution is 2.32. The number of thioether (sulfide) groups is 1. The first-order valence-electron chi connectivity index (χ1n) is 6.34. The number of carbonyl (C=O) groups is 2. The van der Waals surface area contributed by atoms with Gasteiger partial charge in [0.25, 0.3) is 0 Å². The van der Waals surface area contributed by atoms with Gasteiger partial charge in [-0.2, -0.15) is 0 Å². The first-order valence-corrected chi connectivity index (χ1v) is 7.49. The molecule has 1 aromatic rings. The molecule has 0 spiro atoms. The maximum absolute atomic E-state index is 12.1. The van der Waals surface area contributed by atoms with E-state index in [1.807, 2.05) is 6.07 Å². The van der Waals surface area contributed by atoms with Gasteiger partial charge in [0.1, 0.15) is 6.04 Å². The SMILES string of the molecule is O=C(O)[C@@H]1CSCN1C(=O)/C=C/c1ccc2c(c1)OCO2. The number of benzene rings is 1. The van der Waals surface area contributed by atoms with Gasteiger partial charge < -0.3 is 19.5 Å². The van der Waals surface area contributed by atoms with Gasteiger partial charge in [-0.05, 0) is 23.8 Å². The average Bonchev–Trinajstić information content (AvgIpc) is 3.12. The van der Waals surface area contributed by atoms with Crippen LogP contribution in [-0.4, -0.2) is 46.3 Å². The van der Waals surface area contributed by atoms with Crippen LogP contribution >= 0.6 is 11.8 Å². The van der Waals surface area contributed by atoms with E-state index in [9.17, 15) is 9.59 Å². The Morgan fingerprint density at radius 1 is 1.33 bits per heavy atom. The van der Waals surface area contributed by atoms with Crippen LogP contribution in [0.4, 0.5) is 0 Å². The van der Waals surface area contributed by atoms with Crippen LogP contribution in [0, 0.1) is 0 Å². The van der Waals surface area contributed by atoms with E-state index in [1.54, 1.807) is 18.2 Å². The molecule has 0 aromatic heterocycles. The fraction of sp³-hybridized carbons (Fsp3) is 0.286. The molecule has 1 fully saturated rings. The van der Waals surface area contributed by atoms with Crippen molar-refractivity contribution in [2.24, 2.45) is 0 Å². The Labute approximate surface area is 125 Å². The Bertz CT molecular complexity index is 615. The molecule has 3 rings (SSSR count). The van der Waals surface area contributed by atoms with Crippen LogP contribution in [0.25, 0.3) is 6.08 Å². The second-order valence-electron chi connectivity index (χ2n) is 4.61. The van der Waals surface area contributed by atoms with Crippen molar-refractivity contribution in [1.29, 1.82) is 0 Å². The van der Waals surface area contributed by atoms with Gasteiger partial charge in [0.15, 0.2) is 11.5 Å². The number of hydrogen-bond donors (Lipinski definition) is 1. The molecular formula is C14H13NO5S. The van der Waals surface area contributed by atoms with Gasteiger partial charge in [-0.25, -0.2) is 4.79 Å². The number of ether oxygens (including phenoxy) is 2. The van der Waals surface area contributed by atoms with Gasteiger partial charge in [0.05, 0.1) is 5.88 Å². The first-order chi connectivity index (χ1) is 10.1. The third kappa shape index (κ3) is 2.82. The summed E-state index contributed by atoms with van der Waals surface area (Å²) in [5.41, 5.74) is 0.798. The normalized spacial score (nSPS) is 20.2. The highest BCUT2D eigenvalue weighted by molar-refractivity contribution is 7.99. The molecule has 21 heavy (non-hydrogen) atoms. The number of fused-ring (bicyclic) bond motifs is 1. The lowest BCUT2D eigenvalue weighted by atomic mass is 10.2. The van der Waals surface area contributed by atoms with Crippen molar-refractivity contribution in [2.45, 2.75) is 6.04 Å². The summed E-state index contributed by atoms with van der Waals surface area (Å²) in [4.78, 5) is 24.5. The number of amides is 1. The summed E-state index contributed by atoms with van der Waals surface area (Å²) in [7, 11) is 0. The standard InChI is InChI=1S/C14H13NO5S/c16-13(15-7-21-6-10(15)14(17)18)4-2-9-1-3-11-12(5-9)20-8-19-11/h1-5,10H,6-8H2,(H,17,18)/b4-2+/t10-/m0/s1. The molecule has 0 bridgehead atoms. The molecule has 0 saturated carbocycles. The summed E-state index contributed by atoms with van der Waals surface area (Å²) in [5, 5.41) is 9.06.